The number of carbonyl (C=O) groups is 1. The van der Waals surface area contributed by atoms with Gasteiger partial charge in [0.2, 0.25) is 0 Å². The van der Waals surface area contributed by atoms with Gasteiger partial charge in [0, 0.05) is 19.1 Å². The summed E-state index contributed by atoms with van der Waals surface area (Å²) in [5.41, 5.74) is -0.104. The zero-order valence-corrected chi connectivity index (χ0v) is 12.2. The first-order valence-electron chi connectivity index (χ1n) is 7.26. The number of piperidine rings is 1. The smallest absolute Gasteiger partial charge is 0.543 e. The Morgan fingerprint density at radius 1 is 1.14 bits per heavy atom. The fourth-order valence-corrected chi connectivity index (χ4v) is 3.85. The standard InChI is InChI=1S/C14H18N4O2.Li/c19-14(20)11-5-16-12(6-15-11)18-7-9-10(8-18)13(9)17-3-1-2-4-17;/h5-6,9-10,13H,1-4,7-8H2,(H,19,20);/q;+1/p-1. The Morgan fingerprint density at radius 2 is 1.81 bits per heavy atom. The SMILES string of the molecule is O=C([O-])c1cnc(N2CC3C(C2)C3N2CCCC2)cn1.[Li+]. The van der Waals surface area contributed by atoms with Crippen molar-refractivity contribution in [3.8, 4) is 0 Å². The number of aromatic carboxylic acids is 1. The second kappa shape index (κ2) is 5.60. The van der Waals surface area contributed by atoms with Crippen molar-refractivity contribution >= 4 is 11.8 Å². The first-order chi connectivity index (χ1) is 9.74. The third-order valence-corrected chi connectivity index (χ3v) is 4.88. The second-order valence-corrected chi connectivity index (χ2v) is 6.01. The number of aromatic nitrogens is 2. The third kappa shape index (κ3) is 2.56. The molecular weight excluding hydrogens is 263 g/mol. The molecule has 0 N–H and O–H groups in total. The van der Waals surface area contributed by atoms with Crippen LogP contribution in [0.25, 0.3) is 0 Å². The minimum Gasteiger partial charge on any atom is -0.543 e. The quantitative estimate of drug-likeness (QED) is 0.532. The zero-order chi connectivity index (χ0) is 13.7. The number of carbonyl (C=O) groups excluding carboxylic acids is 1. The van der Waals surface area contributed by atoms with Crippen LogP contribution in [0.4, 0.5) is 5.82 Å². The normalized spacial score (nSPS) is 30.9. The zero-order valence-electron chi connectivity index (χ0n) is 12.2. The molecule has 0 spiro atoms. The molecule has 106 valence electrons. The molecule has 3 fully saturated rings. The van der Waals surface area contributed by atoms with Crippen LogP contribution in [-0.4, -0.2) is 53.1 Å². The number of carboxylic acid groups (broad SMARTS) is 1. The maximum Gasteiger partial charge on any atom is 1.00 e. The molecule has 3 heterocycles. The molecule has 3 aliphatic rings. The summed E-state index contributed by atoms with van der Waals surface area (Å²) in [6.07, 6.45) is 5.51. The molecular formula is C14H17LiN4O2. The number of carboxylic acids is 1. The largest absolute Gasteiger partial charge is 1.00 e. The molecule has 2 atom stereocenters. The summed E-state index contributed by atoms with van der Waals surface area (Å²) in [4.78, 5) is 23.6. The van der Waals surface area contributed by atoms with Gasteiger partial charge in [0.05, 0.1) is 18.4 Å². The maximum atomic E-state index is 10.6. The molecule has 0 bridgehead atoms. The first-order valence-corrected chi connectivity index (χ1v) is 7.26. The van der Waals surface area contributed by atoms with Crippen LogP contribution in [0.1, 0.15) is 23.3 Å². The van der Waals surface area contributed by atoms with Gasteiger partial charge in [-0.2, -0.15) is 0 Å². The fraction of sp³-hybridized carbons (Fsp3) is 0.643. The minimum absolute atomic E-state index is 0. The van der Waals surface area contributed by atoms with E-state index >= 15 is 0 Å². The molecule has 6 nitrogen and oxygen atoms in total. The van der Waals surface area contributed by atoms with E-state index in [9.17, 15) is 9.90 Å². The van der Waals surface area contributed by atoms with Crippen molar-refractivity contribution in [1.29, 1.82) is 0 Å². The predicted molar refractivity (Wildman–Crippen MR) is 70.2 cm³/mol. The Kier molecular flexibility index (Phi) is 3.95. The van der Waals surface area contributed by atoms with E-state index in [1.807, 2.05) is 0 Å². The summed E-state index contributed by atoms with van der Waals surface area (Å²) in [7, 11) is 0. The summed E-state index contributed by atoms with van der Waals surface area (Å²) in [5, 5.41) is 10.6. The average Bonchev–Trinajstić information content (AvgIpc) is 2.92. The summed E-state index contributed by atoms with van der Waals surface area (Å²) in [6.45, 7) is 4.56. The molecule has 0 aromatic carbocycles. The molecule has 2 aliphatic heterocycles. The molecule has 0 amide bonds. The number of likely N-dealkylation sites (tertiary alicyclic amines) is 1. The van der Waals surface area contributed by atoms with Gasteiger partial charge < -0.3 is 14.8 Å². The Labute approximate surface area is 135 Å². The Hall–Kier alpha value is -1.09. The number of hydrogen-bond donors (Lipinski definition) is 0. The molecule has 4 rings (SSSR count). The number of hydrogen-bond acceptors (Lipinski definition) is 6. The van der Waals surface area contributed by atoms with Gasteiger partial charge in [0.25, 0.3) is 0 Å². The van der Waals surface area contributed by atoms with Crippen LogP contribution in [0.3, 0.4) is 0 Å². The van der Waals surface area contributed by atoms with Gasteiger partial charge in [-0.1, -0.05) is 0 Å². The van der Waals surface area contributed by atoms with Gasteiger partial charge in [0.15, 0.2) is 0 Å². The van der Waals surface area contributed by atoms with Crippen molar-refractivity contribution in [2.45, 2.75) is 18.9 Å². The monoisotopic (exact) mass is 280 g/mol. The van der Waals surface area contributed by atoms with E-state index in [4.69, 9.17) is 0 Å². The molecule has 1 aromatic heterocycles. The number of nitrogens with zero attached hydrogens (tertiary/aromatic N) is 4. The molecule has 0 radical (unpaired) electrons. The topological polar surface area (TPSA) is 72.4 Å². The molecule has 21 heavy (non-hydrogen) atoms. The Morgan fingerprint density at radius 3 is 2.33 bits per heavy atom. The van der Waals surface area contributed by atoms with Gasteiger partial charge in [-0.05, 0) is 37.8 Å². The van der Waals surface area contributed by atoms with E-state index in [-0.39, 0.29) is 24.6 Å². The van der Waals surface area contributed by atoms with Crippen molar-refractivity contribution in [1.82, 2.24) is 14.9 Å². The Bertz CT molecular complexity index is 520. The van der Waals surface area contributed by atoms with Crippen LogP contribution in [0.5, 0.6) is 0 Å². The summed E-state index contributed by atoms with van der Waals surface area (Å²) in [5.74, 6) is 1.02. The van der Waals surface area contributed by atoms with Crippen molar-refractivity contribution in [3.63, 3.8) is 0 Å². The van der Waals surface area contributed by atoms with Gasteiger partial charge >= 0.3 is 18.9 Å². The summed E-state index contributed by atoms with van der Waals surface area (Å²) in [6, 6.07) is 0.782. The number of anilines is 1. The summed E-state index contributed by atoms with van der Waals surface area (Å²) < 4.78 is 0. The van der Waals surface area contributed by atoms with E-state index in [0.29, 0.717) is 0 Å². The Balaban J connectivity index is 0.00000132. The van der Waals surface area contributed by atoms with Crippen molar-refractivity contribution in [3.05, 3.63) is 18.1 Å². The van der Waals surface area contributed by atoms with Crippen LogP contribution >= 0.6 is 0 Å². The molecule has 2 unspecified atom stereocenters. The van der Waals surface area contributed by atoms with Crippen molar-refractivity contribution < 1.29 is 28.8 Å². The number of rotatable bonds is 3. The van der Waals surface area contributed by atoms with E-state index in [0.717, 1.165) is 36.8 Å². The van der Waals surface area contributed by atoms with E-state index in [2.05, 4.69) is 19.8 Å². The van der Waals surface area contributed by atoms with Crippen LogP contribution in [0.15, 0.2) is 12.4 Å². The van der Waals surface area contributed by atoms with Gasteiger partial charge in [-0.3, -0.25) is 4.90 Å². The fourth-order valence-electron chi connectivity index (χ4n) is 3.85. The van der Waals surface area contributed by atoms with Crippen molar-refractivity contribution in [2.75, 3.05) is 31.1 Å². The van der Waals surface area contributed by atoms with Crippen LogP contribution in [-0.2, 0) is 0 Å². The van der Waals surface area contributed by atoms with Crippen LogP contribution in [0.2, 0.25) is 0 Å². The third-order valence-electron chi connectivity index (χ3n) is 4.88. The van der Waals surface area contributed by atoms with Gasteiger partial charge in [0.1, 0.15) is 11.5 Å². The molecule has 1 saturated carbocycles. The molecule has 1 aliphatic carbocycles. The second-order valence-electron chi connectivity index (χ2n) is 6.01. The van der Waals surface area contributed by atoms with Crippen LogP contribution < -0.4 is 28.9 Å². The summed E-state index contributed by atoms with van der Waals surface area (Å²) >= 11 is 0. The number of fused-ring (bicyclic) bond motifs is 1. The molecule has 7 heteroatoms. The van der Waals surface area contributed by atoms with Crippen LogP contribution in [0, 0.1) is 11.8 Å². The first kappa shape index (κ1) is 14.8. The van der Waals surface area contributed by atoms with E-state index in [1.165, 1.54) is 32.1 Å². The van der Waals surface area contributed by atoms with E-state index in [1.54, 1.807) is 6.20 Å². The molecule has 2 saturated heterocycles. The van der Waals surface area contributed by atoms with E-state index < -0.39 is 5.97 Å². The maximum absolute atomic E-state index is 10.6. The molecule has 1 aromatic rings. The predicted octanol–water partition coefficient (Wildman–Crippen LogP) is -3.63. The average molecular weight is 280 g/mol. The van der Waals surface area contributed by atoms with Gasteiger partial charge in [-0.25, -0.2) is 9.97 Å². The minimum atomic E-state index is -1.28. The van der Waals surface area contributed by atoms with Crippen molar-refractivity contribution in [2.24, 2.45) is 11.8 Å². The van der Waals surface area contributed by atoms with Gasteiger partial charge in [-0.15, -0.1) is 0 Å².